The number of carbonyl (C=O) groups is 1. The predicted molar refractivity (Wildman–Crippen MR) is 62.8 cm³/mol. The Kier molecular flexibility index (Phi) is 4.59. The number of hydrogen-bond donors (Lipinski definition) is 1. The topological polar surface area (TPSA) is 46.9 Å². The Morgan fingerprint density at radius 2 is 2.50 bits per heavy atom. The Labute approximate surface area is 96.1 Å². The molecule has 0 aliphatic heterocycles. The average molecular weight is 219 g/mol. The molecule has 1 rings (SSSR count). The number of aryl methyl sites for hydroxylation is 1. The van der Waals surface area contributed by atoms with Gasteiger partial charge in [-0.2, -0.15) is 0 Å². The number of nitrogens with zero attached hydrogens (tertiary/aromatic N) is 2. The molecule has 4 heteroatoms. The molecule has 0 bridgehead atoms. The number of imidazole rings is 1. The summed E-state index contributed by atoms with van der Waals surface area (Å²) >= 11 is 0. The van der Waals surface area contributed by atoms with Gasteiger partial charge < -0.3 is 9.88 Å². The van der Waals surface area contributed by atoms with Crippen molar-refractivity contribution < 1.29 is 4.79 Å². The number of amides is 1. The summed E-state index contributed by atoms with van der Waals surface area (Å²) in [5.41, 5.74) is 0. The molecule has 0 aliphatic rings. The Balaban J connectivity index is 2.71. The fourth-order valence-corrected chi connectivity index (χ4v) is 1.53. The summed E-state index contributed by atoms with van der Waals surface area (Å²) in [6.07, 6.45) is 10.5. The van der Waals surface area contributed by atoms with E-state index in [0.717, 1.165) is 18.7 Å². The summed E-state index contributed by atoms with van der Waals surface area (Å²) in [5.74, 6) is 3.24. The lowest BCUT2D eigenvalue weighted by molar-refractivity contribution is -0.123. The zero-order valence-electron chi connectivity index (χ0n) is 9.73. The van der Waals surface area contributed by atoms with Gasteiger partial charge in [0, 0.05) is 18.8 Å². The Morgan fingerprint density at radius 3 is 3.12 bits per heavy atom. The summed E-state index contributed by atoms with van der Waals surface area (Å²) in [6.45, 7) is 4.19. The molecule has 0 aliphatic carbocycles. The smallest absolute Gasteiger partial charge is 0.243 e. The second-order valence-electron chi connectivity index (χ2n) is 3.60. The number of carbonyl (C=O) groups excluding carboxylic acids is 1. The first-order chi connectivity index (χ1) is 7.70. The van der Waals surface area contributed by atoms with E-state index < -0.39 is 0 Å². The van der Waals surface area contributed by atoms with E-state index in [0.29, 0.717) is 0 Å². The molecule has 0 saturated carbocycles. The zero-order chi connectivity index (χ0) is 12.0. The van der Waals surface area contributed by atoms with Crippen molar-refractivity contribution in [2.24, 2.45) is 0 Å². The average Bonchev–Trinajstić information content (AvgIpc) is 2.73. The first kappa shape index (κ1) is 12.3. The van der Waals surface area contributed by atoms with Gasteiger partial charge >= 0.3 is 0 Å². The molecule has 0 radical (unpaired) electrons. The van der Waals surface area contributed by atoms with E-state index in [4.69, 9.17) is 6.42 Å². The Hall–Kier alpha value is -1.76. The van der Waals surface area contributed by atoms with Gasteiger partial charge in [-0.05, 0) is 13.3 Å². The van der Waals surface area contributed by atoms with Crippen LogP contribution in [0.15, 0.2) is 12.4 Å². The van der Waals surface area contributed by atoms with Crippen LogP contribution < -0.4 is 5.32 Å². The largest absolute Gasteiger partial charge is 0.343 e. The van der Waals surface area contributed by atoms with Crippen LogP contribution >= 0.6 is 0 Å². The van der Waals surface area contributed by atoms with Crippen LogP contribution in [-0.4, -0.2) is 22.0 Å². The number of terminal acetylenes is 1. The SMILES string of the molecule is C#CCNC(=O)C(C)n1ccnc1CCC. The Morgan fingerprint density at radius 1 is 1.75 bits per heavy atom. The van der Waals surface area contributed by atoms with Crippen LogP contribution in [0.1, 0.15) is 32.1 Å². The van der Waals surface area contributed by atoms with Crippen LogP contribution in [-0.2, 0) is 11.2 Å². The van der Waals surface area contributed by atoms with E-state index in [1.54, 1.807) is 6.20 Å². The summed E-state index contributed by atoms with van der Waals surface area (Å²) < 4.78 is 1.88. The fourth-order valence-electron chi connectivity index (χ4n) is 1.53. The highest BCUT2D eigenvalue weighted by Gasteiger charge is 2.16. The predicted octanol–water partition coefficient (Wildman–Crippen LogP) is 1.15. The second-order valence-corrected chi connectivity index (χ2v) is 3.60. The first-order valence-electron chi connectivity index (χ1n) is 5.43. The normalized spacial score (nSPS) is 11.8. The van der Waals surface area contributed by atoms with Crippen molar-refractivity contribution in [1.29, 1.82) is 0 Å². The van der Waals surface area contributed by atoms with Crippen molar-refractivity contribution in [3.05, 3.63) is 18.2 Å². The van der Waals surface area contributed by atoms with E-state index in [1.165, 1.54) is 0 Å². The van der Waals surface area contributed by atoms with E-state index >= 15 is 0 Å². The molecular formula is C12H17N3O. The standard InChI is InChI=1S/C12H17N3O/c1-4-6-11-13-8-9-15(11)10(3)12(16)14-7-5-2/h2,8-10H,4,6-7H2,1,3H3,(H,14,16). The van der Waals surface area contributed by atoms with Crippen LogP contribution in [0.2, 0.25) is 0 Å². The van der Waals surface area contributed by atoms with Gasteiger partial charge in [-0.1, -0.05) is 12.8 Å². The fraction of sp³-hybridized carbons (Fsp3) is 0.500. The Bertz CT molecular complexity index is 389. The van der Waals surface area contributed by atoms with Gasteiger partial charge in [0.05, 0.1) is 6.54 Å². The summed E-state index contributed by atoms with van der Waals surface area (Å²) in [5, 5.41) is 2.67. The molecule has 0 spiro atoms. The lowest BCUT2D eigenvalue weighted by Gasteiger charge is -2.15. The lowest BCUT2D eigenvalue weighted by Crippen LogP contribution is -2.31. The number of nitrogens with one attached hydrogen (secondary N) is 1. The molecule has 0 aromatic carbocycles. The van der Waals surface area contributed by atoms with Gasteiger partial charge in [0.25, 0.3) is 0 Å². The maximum atomic E-state index is 11.7. The molecule has 1 unspecified atom stereocenters. The quantitative estimate of drug-likeness (QED) is 0.755. The van der Waals surface area contributed by atoms with Gasteiger partial charge in [0.1, 0.15) is 11.9 Å². The monoisotopic (exact) mass is 219 g/mol. The molecule has 16 heavy (non-hydrogen) atoms. The van der Waals surface area contributed by atoms with E-state index in [2.05, 4.69) is 23.1 Å². The third-order valence-electron chi connectivity index (χ3n) is 2.38. The van der Waals surface area contributed by atoms with Gasteiger partial charge in [0.15, 0.2) is 0 Å². The van der Waals surface area contributed by atoms with Crippen molar-refractivity contribution in [3.8, 4) is 12.3 Å². The number of aromatic nitrogens is 2. The first-order valence-corrected chi connectivity index (χ1v) is 5.43. The molecule has 86 valence electrons. The zero-order valence-corrected chi connectivity index (χ0v) is 9.73. The second kappa shape index (κ2) is 5.96. The van der Waals surface area contributed by atoms with Crippen molar-refractivity contribution in [1.82, 2.24) is 14.9 Å². The minimum atomic E-state index is -0.266. The maximum absolute atomic E-state index is 11.7. The number of hydrogen-bond acceptors (Lipinski definition) is 2. The van der Waals surface area contributed by atoms with Gasteiger partial charge in [0.2, 0.25) is 5.91 Å². The van der Waals surface area contributed by atoms with Gasteiger partial charge in [-0.15, -0.1) is 6.42 Å². The molecule has 1 aromatic heterocycles. The van der Waals surface area contributed by atoms with Crippen LogP contribution in [0.25, 0.3) is 0 Å². The third-order valence-corrected chi connectivity index (χ3v) is 2.38. The highest BCUT2D eigenvalue weighted by Crippen LogP contribution is 2.10. The van der Waals surface area contributed by atoms with Crippen LogP contribution in [0.5, 0.6) is 0 Å². The van der Waals surface area contributed by atoms with Gasteiger partial charge in [-0.25, -0.2) is 4.98 Å². The minimum absolute atomic E-state index is 0.0756. The van der Waals surface area contributed by atoms with E-state index in [9.17, 15) is 4.79 Å². The highest BCUT2D eigenvalue weighted by molar-refractivity contribution is 5.80. The highest BCUT2D eigenvalue weighted by atomic mass is 16.2. The van der Waals surface area contributed by atoms with Crippen molar-refractivity contribution in [3.63, 3.8) is 0 Å². The molecule has 1 atom stereocenters. The maximum Gasteiger partial charge on any atom is 0.243 e. The van der Waals surface area contributed by atoms with Crippen LogP contribution in [0.3, 0.4) is 0 Å². The van der Waals surface area contributed by atoms with Crippen molar-refractivity contribution >= 4 is 5.91 Å². The van der Waals surface area contributed by atoms with E-state index in [-0.39, 0.29) is 18.5 Å². The summed E-state index contributed by atoms with van der Waals surface area (Å²) in [4.78, 5) is 15.9. The van der Waals surface area contributed by atoms with Gasteiger partial charge in [-0.3, -0.25) is 4.79 Å². The summed E-state index contributed by atoms with van der Waals surface area (Å²) in [7, 11) is 0. The third kappa shape index (κ3) is 2.86. The molecule has 0 saturated heterocycles. The number of rotatable bonds is 5. The molecule has 4 nitrogen and oxygen atoms in total. The van der Waals surface area contributed by atoms with Crippen LogP contribution in [0, 0.1) is 12.3 Å². The molecule has 1 amide bonds. The van der Waals surface area contributed by atoms with E-state index in [1.807, 2.05) is 17.7 Å². The van der Waals surface area contributed by atoms with Crippen molar-refractivity contribution in [2.45, 2.75) is 32.7 Å². The molecule has 0 fully saturated rings. The molecule has 1 N–H and O–H groups in total. The molecule has 1 aromatic rings. The van der Waals surface area contributed by atoms with Crippen molar-refractivity contribution in [2.75, 3.05) is 6.54 Å². The molecule has 1 heterocycles. The lowest BCUT2D eigenvalue weighted by atomic mass is 10.2. The molecular weight excluding hydrogens is 202 g/mol. The summed E-state index contributed by atoms with van der Waals surface area (Å²) in [6, 6.07) is -0.266. The van der Waals surface area contributed by atoms with Crippen LogP contribution in [0.4, 0.5) is 0 Å². The minimum Gasteiger partial charge on any atom is -0.343 e.